The predicted octanol–water partition coefficient (Wildman–Crippen LogP) is 5.61. The van der Waals surface area contributed by atoms with Gasteiger partial charge in [0.2, 0.25) is 0 Å². The molecule has 4 nitrogen and oxygen atoms in total. The van der Waals surface area contributed by atoms with Crippen molar-refractivity contribution in [1.82, 2.24) is 0 Å². The van der Waals surface area contributed by atoms with Crippen molar-refractivity contribution >= 4 is 45.0 Å². The molecule has 1 aliphatic carbocycles. The van der Waals surface area contributed by atoms with Crippen molar-refractivity contribution in [2.45, 2.75) is 24.9 Å². The highest BCUT2D eigenvalue weighted by Gasteiger charge is 2.71. The smallest absolute Gasteiger partial charge is 0.180 e. The van der Waals surface area contributed by atoms with Gasteiger partial charge in [-0.05, 0) is 42.8 Å². The fraction of sp³-hybridized carbons (Fsp3) is 0.179. The molecule has 6 heteroatoms. The minimum Gasteiger partial charge on any atom is -0.352 e. The number of carbonyl (C=O) groups excluding carboxylic acids is 3. The van der Waals surface area contributed by atoms with Crippen LogP contribution in [0.1, 0.15) is 44.7 Å². The van der Waals surface area contributed by atoms with Gasteiger partial charge in [0.25, 0.3) is 0 Å². The van der Waals surface area contributed by atoms with Gasteiger partial charge in [0.15, 0.2) is 17.3 Å². The number of halogens is 2. The van der Waals surface area contributed by atoms with Gasteiger partial charge >= 0.3 is 0 Å². The van der Waals surface area contributed by atoms with E-state index in [0.29, 0.717) is 22.4 Å². The number of hydrogen-bond acceptors (Lipinski definition) is 4. The fourth-order valence-electron chi connectivity index (χ4n) is 6.14. The summed E-state index contributed by atoms with van der Waals surface area (Å²) in [6, 6.07) is 17.2. The van der Waals surface area contributed by atoms with Gasteiger partial charge in [-0.1, -0.05) is 64.5 Å². The van der Waals surface area contributed by atoms with Gasteiger partial charge < -0.3 is 4.90 Å². The van der Waals surface area contributed by atoms with Crippen LogP contribution in [0.25, 0.3) is 6.08 Å². The molecule has 2 heterocycles. The lowest BCUT2D eigenvalue weighted by atomic mass is 9.64. The molecule has 2 aliphatic heterocycles. The Morgan fingerprint density at radius 2 is 1.62 bits per heavy atom. The lowest BCUT2D eigenvalue weighted by Crippen LogP contribution is -2.48. The summed E-state index contributed by atoms with van der Waals surface area (Å²) in [5.41, 5.74) is 1.27. The first-order valence-electron chi connectivity index (χ1n) is 11.1. The predicted molar refractivity (Wildman–Crippen MR) is 131 cm³/mol. The summed E-state index contributed by atoms with van der Waals surface area (Å²) >= 11 is 3.45. The van der Waals surface area contributed by atoms with E-state index < -0.39 is 23.4 Å². The largest absolute Gasteiger partial charge is 0.352 e. The van der Waals surface area contributed by atoms with E-state index in [2.05, 4.69) is 15.9 Å². The van der Waals surface area contributed by atoms with E-state index in [4.69, 9.17) is 0 Å². The Morgan fingerprint density at radius 1 is 0.971 bits per heavy atom. The number of nitrogens with zero attached hydrogens (tertiary/aromatic N) is 1. The van der Waals surface area contributed by atoms with E-state index in [1.807, 2.05) is 29.2 Å². The van der Waals surface area contributed by atoms with Crippen molar-refractivity contribution in [2.24, 2.45) is 5.41 Å². The van der Waals surface area contributed by atoms with Crippen molar-refractivity contribution in [3.05, 3.63) is 105 Å². The third kappa shape index (κ3) is 2.60. The topological polar surface area (TPSA) is 54.5 Å². The molecule has 3 aliphatic rings. The molecule has 3 atom stereocenters. The maximum Gasteiger partial charge on any atom is 0.180 e. The Hall–Kier alpha value is -3.38. The quantitative estimate of drug-likeness (QED) is 0.416. The van der Waals surface area contributed by atoms with Crippen molar-refractivity contribution < 1.29 is 18.8 Å². The highest BCUT2D eigenvalue weighted by atomic mass is 79.9. The van der Waals surface area contributed by atoms with Crippen LogP contribution in [0.3, 0.4) is 0 Å². The van der Waals surface area contributed by atoms with Crippen molar-refractivity contribution in [1.29, 1.82) is 0 Å². The number of fused-ring (bicyclic) bond motifs is 5. The molecule has 1 saturated heterocycles. The van der Waals surface area contributed by atoms with Crippen LogP contribution in [0.2, 0.25) is 0 Å². The summed E-state index contributed by atoms with van der Waals surface area (Å²) in [7, 11) is 0. The monoisotopic (exact) mass is 515 g/mol. The molecule has 3 aromatic rings. The van der Waals surface area contributed by atoms with E-state index in [9.17, 15) is 18.8 Å². The average molecular weight is 516 g/mol. The maximum absolute atomic E-state index is 14.2. The van der Waals surface area contributed by atoms with Crippen LogP contribution in [-0.2, 0) is 4.79 Å². The van der Waals surface area contributed by atoms with E-state index in [0.717, 1.165) is 10.0 Å². The molecule has 0 aromatic heterocycles. The first-order valence-corrected chi connectivity index (χ1v) is 11.9. The Labute approximate surface area is 204 Å². The van der Waals surface area contributed by atoms with Crippen LogP contribution in [0.5, 0.6) is 0 Å². The summed E-state index contributed by atoms with van der Waals surface area (Å²) in [6.07, 6.45) is 3.55. The fourth-order valence-corrected chi connectivity index (χ4v) is 6.41. The van der Waals surface area contributed by atoms with Crippen molar-refractivity contribution in [3.8, 4) is 0 Å². The molecule has 0 saturated carbocycles. The lowest BCUT2D eigenvalue weighted by molar-refractivity contribution is -0.118. The molecule has 0 radical (unpaired) electrons. The SMILES string of the molecule is CC(=O)[C@@H]1[C@H](c2ccc(Br)cc2)C2(C(=O)c3ccccc3C2=O)[C@@H]2C=Cc3cc(F)ccc3N12. The van der Waals surface area contributed by atoms with E-state index in [-0.39, 0.29) is 23.2 Å². The Morgan fingerprint density at radius 3 is 2.24 bits per heavy atom. The van der Waals surface area contributed by atoms with Gasteiger partial charge in [-0.2, -0.15) is 0 Å². The van der Waals surface area contributed by atoms with Gasteiger partial charge in [-0.15, -0.1) is 0 Å². The van der Waals surface area contributed by atoms with Crippen LogP contribution in [0, 0.1) is 11.2 Å². The number of rotatable bonds is 2. The van der Waals surface area contributed by atoms with Crippen LogP contribution in [0.4, 0.5) is 10.1 Å². The highest BCUT2D eigenvalue weighted by Crippen LogP contribution is 2.60. The summed E-state index contributed by atoms with van der Waals surface area (Å²) < 4.78 is 14.9. The summed E-state index contributed by atoms with van der Waals surface area (Å²) in [4.78, 5) is 43.6. The van der Waals surface area contributed by atoms with E-state index in [1.165, 1.54) is 19.1 Å². The summed E-state index contributed by atoms with van der Waals surface area (Å²) in [5, 5.41) is 0. The average Bonchev–Trinajstić information content (AvgIpc) is 3.26. The number of Topliss-reactive ketones (excluding diaryl/α,β-unsaturated/α-hetero) is 3. The number of ketones is 3. The first-order chi connectivity index (χ1) is 16.4. The Bertz CT molecular complexity index is 1390. The molecular formula is C28H19BrFNO3. The van der Waals surface area contributed by atoms with Crippen LogP contribution in [0.15, 0.2) is 77.3 Å². The third-order valence-electron chi connectivity index (χ3n) is 7.41. The Kier molecular flexibility index (Phi) is 4.55. The molecule has 34 heavy (non-hydrogen) atoms. The first kappa shape index (κ1) is 21.2. The normalized spacial score (nSPS) is 23.7. The molecule has 168 valence electrons. The van der Waals surface area contributed by atoms with E-state index >= 15 is 0 Å². The molecule has 1 spiro atoms. The summed E-state index contributed by atoms with van der Waals surface area (Å²) in [6.45, 7) is 1.49. The third-order valence-corrected chi connectivity index (χ3v) is 7.94. The van der Waals surface area contributed by atoms with Crippen LogP contribution < -0.4 is 4.90 Å². The summed E-state index contributed by atoms with van der Waals surface area (Å²) in [5.74, 6) is -1.79. The second kappa shape index (κ2) is 7.31. The lowest BCUT2D eigenvalue weighted by Gasteiger charge is -2.37. The molecule has 0 N–H and O–H groups in total. The minimum atomic E-state index is -1.50. The van der Waals surface area contributed by atoms with Gasteiger partial charge in [0, 0.05) is 32.8 Å². The van der Waals surface area contributed by atoms with Gasteiger partial charge in [0.1, 0.15) is 11.2 Å². The Balaban J connectivity index is 1.68. The molecule has 0 amide bonds. The number of benzene rings is 3. The number of carbonyl (C=O) groups is 3. The zero-order valence-electron chi connectivity index (χ0n) is 18.2. The minimum absolute atomic E-state index is 0.156. The second-order valence-corrected chi connectivity index (χ2v) is 9.99. The number of hydrogen-bond donors (Lipinski definition) is 0. The highest BCUT2D eigenvalue weighted by molar-refractivity contribution is 9.10. The second-order valence-electron chi connectivity index (χ2n) is 9.07. The standard InChI is InChI=1S/C28H19BrFNO3/c1-15(32)25-24(16-6-9-18(29)10-7-16)28(26(33)20-4-2-3-5-21(20)27(28)34)23-13-8-17-14-19(30)11-12-22(17)31(23)25/h2-14,23-25H,1H3/t23-,24-,25+/m0/s1. The van der Waals surface area contributed by atoms with E-state index in [1.54, 1.807) is 42.5 Å². The molecule has 3 aromatic carbocycles. The number of anilines is 1. The zero-order valence-corrected chi connectivity index (χ0v) is 19.8. The molecule has 6 rings (SSSR count). The van der Waals surface area contributed by atoms with Crippen LogP contribution >= 0.6 is 15.9 Å². The molecule has 1 fully saturated rings. The molecule has 0 bridgehead atoms. The maximum atomic E-state index is 14.2. The van der Waals surface area contributed by atoms with Gasteiger partial charge in [-0.3, -0.25) is 14.4 Å². The van der Waals surface area contributed by atoms with Gasteiger partial charge in [-0.25, -0.2) is 4.39 Å². The van der Waals surface area contributed by atoms with Crippen molar-refractivity contribution in [3.63, 3.8) is 0 Å². The van der Waals surface area contributed by atoms with Gasteiger partial charge in [0.05, 0.1) is 12.1 Å². The molecular weight excluding hydrogens is 497 g/mol. The van der Waals surface area contributed by atoms with Crippen molar-refractivity contribution in [2.75, 3.05) is 4.90 Å². The molecule has 0 unspecified atom stereocenters. The zero-order chi connectivity index (χ0) is 23.8. The van der Waals surface area contributed by atoms with Crippen LogP contribution in [-0.4, -0.2) is 29.4 Å².